The fourth-order valence-electron chi connectivity index (χ4n) is 2.88. The zero-order valence-electron chi connectivity index (χ0n) is 14.2. The van der Waals surface area contributed by atoms with Crippen LogP contribution in [0.15, 0.2) is 24.3 Å². The lowest BCUT2D eigenvalue weighted by Gasteiger charge is -2.19. The summed E-state index contributed by atoms with van der Waals surface area (Å²) in [6, 6.07) is 6.14. The van der Waals surface area contributed by atoms with Crippen molar-refractivity contribution in [2.75, 3.05) is 24.5 Å². The fourth-order valence-corrected chi connectivity index (χ4v) is 2.88. The van der Waals surface area contributed by atoms with Crippen LogP contribution in [0.4, 0.5) is 10.1 Å². The maximum Gasteiger partial charge on any atom is 0.236 e. The van der Waals surface area contributed by atoms with Gasteiger partial charge in [-0.2, -0.15) is 0 Å². The van der Waals surface area contributed by atoms with E-state index in [0.717, 1.165) is 25.2 Å². The van der Waals surface area contributed by atoms with Gasteiger partial charge in [0.05, 0.1) is 6.04 Å². The van der Waals surface area contributed by atoms with E-state index in [0.29, 0.717) is 24.8 Å². The number of nitrogens with one attached hydrogen (secondary N) is 1. The minimum atomic E-state index is -0.422. The molecule has 4 nitrogen and oxygen atoms in total. The van der Waals surface area contributed by atoms with Gasteiger partial charge in [0.25, 0.3) is 0 Å². The predicted molar refractivity (Wildman–Crippen MR) is 102 cm³/mol. The zero-order valence-corrected chi connectivity index (χ0v) is 15.8. The average molecular weight is 380 g/mol. The predicted octanol–water partition coefficient (Wildman–Crippen LogP) is 2.99. The van der Waals surface area contributed by atoms with Crippen molar-refractivity contribution in [3.8, 4) is 0 Å². The van der Waals surface area contributed by atoms with E-state index in [1.54, 1.807) is 12.1 Å². The Kier molecular flexibility index (Phi) is 10.3. The summed E-state index contributed by atoms with van der Waals surface area (Å²) in [5, 5.41) is 2.96. The lowest BCUT2D eigenvalue weighted by Crippen LogP contribution is -2.43. The van der Waals surface area contributed by atoms with E-state index in [9.17, 15) is 9.18 Å². The Morgan fingerprint density at radius 3 is 2.54 bits per heavy atom. The van der Waals surface area contributed by atoms with E-state index >= 15 is 0 Å². The molecule has 0 saturated carbocycles. The topological polar surface area (TPSA) is 58.4 Å². The Morgan fingerprint density at radius 2 is 1.96 bits per heavy atom. The second kappa shape index (κ2) is 10.7. The first kappa shape index (κ1) is 23.0. The van der Waals surface area contributed by atoms with Gasteiger partial charge < -0.3 is 16.0 Å². The van der Waals surface area contributed by atoms with Gasteiger partial charge in [-0.1, -0.05) is 13.8 Å². The molecule has 1 aromatic rings. The van der Waals surface area contributed by atoms with E-state index in [2.05, 4.69) is 24.1 Å². The Hall–Kier alpha value is -1.04. The number of hydrogen-bond donors (Lipinski definition) is 2. The molecule has 1 aromatic carbocycles. The summed E-state index contributed by atoms with van der Waals surface area (Å²) in [6.45, 7) is 6.59. The number of halogens is 3. The first-order valence-electron chi connectivity index (χ1n) is 7.99. The molecule has 0 aliphatic carbocycles. The second-order valence-electron chi connectivity index (χ2n) is 6.56. The highest BCUT2D eigenvalue weighted by Gasteiger charge is 2.24. The van der Waals surface area contributed by atoms with Crippen molar-refractivity contribution in [2.45, 2.75) is 32.7 Å². The quantitative estimate of drug-likeness (QED) is 0.798. The minimum Gasteiger partial charge on any atom is -0.371 e. The van der Waals surface area contributed by atoms with Gasteiger partial charge in [0, 0.05) is 25.3 Å². The van der Waals surface area contributed by atoms with Crippen LogP contribution >= 0.6 is 24.8 Å². The van der Waals surface area contributed by atoms with Crippen LogP contribution in [0.3, 0.4) is 0 Å². The summed E-state index contributed by atoms with van der Waals surface area (Å²) in [6.07, 6.45) is 1.73. The molecule has 7 heteroatoms. The smallest absolute Gasteiger partial charge is 0.236 e. The molecule has 24 heavy (non-hydrogen) atoms. The maximum absolute atomic E-state index is 12.9. The highest BCUT2D eigenvalue weighted by atomic mass is 35.5. The van der Waals surface area contributed by atoms with E-state index in [4.69, 9.17) is 5.73 Å². The van der Waals surface area contributed by atoms with Crippen LogP contribution in [0.2, 0.25) is 0 Å². The Labute approximate surface area is 156 Å². The van der Waals surface area contributed by atoms with Crippen LogP contribution in [0, 0.1) is 17.7 Å². The third-order valence-electron chi connectivity index (χ3n) is 4.10. The molecule has 1 saturated heterocycles. The SMILES string of the molecule is CC(C)C[C@H](N)C(=O)NCC1CCN(c2ccc(F)cc2)C1.Cl.Cl. The zero-order chi connectivity index (χ0) is 16.1. The number of anilines is 1. The van der Waals surface area contributed by atoms with Gasteiger partial charge in [0.2, 0.25) is 5.91 Å². The molecule has 1 amide bonds. The molecule has 1 heterocycles. The van der Waals surface area contributed by atoms with Crippen LogP contribution < -0.4 is 16.0 Å². The summed E-state index contributed by atoms with van der Waals surface area (Å²) in [7, 11) is 0. The standard InChI is InChI=1S/C17H26FN3O.2ClH/c1-12(2)9-16(19)17(22)20-10-13-7-8-21(11-13)15-5-3-14(18)4-6-15;;/h3-6,12-13,16H,7-11,19H2,1-2H3,(H,20,22);2*1H/t13?,16-;;/m0../s1. The van der Waals surface area contributed by atoms with E-state index in [-0.39, 0.29) is 36.5 Å². The van der Waals surface area contributed by atoms with Crippen molar-refractivity contribution in [3.63, 3.8) is 0 Å². The van der Waals surface area contributed by atoms with Crippen LogP contribution in [-0.4, -0.2) is 31.6 Å². The number of carbonyl (C=O) groups is 1. The van der Waals surface area contributed by atoms with Crippen LogP contribution in [0.1, 0.15) is 26.7 Å². The van der Waals surface area contributed by atoms with Crippen LogP contribution in [-0.2, 0) is 4.79 Å². The van der Waals surface area contributed by atoms with Gasteiger partial charge in [-0.05, 0) is 48.9 Å². The summed E-state index contributed by atoms with van der Waals surface area (Å²) >= 11 is 0. The molecule has 2 rings (SSSR count). The van der Waals surface area contributed by atoms with E-state index in [1.165, 1.54) is 12.1 Å². The number of amides is 1. The lowest BCUT2D eigenvalue weighted by atomic mass is 10.0. The summed E-state index contributed by atoms with van der Waals surface area (Å²) in [5.74, 6) is 0.557. The Balaban J connectivity index is 0.00000264. The first-order valence-corrected chi connectivity index (χ1v) is 7.99. The number of nitrogens with zero attached hydrogens (tertiary/aromatic N) is 1. The van der Waals surface area contributed by atoms with Gasteiger partial charge in [-0.3, -0.25) is 4.79 Å². The molecule has 0 aromatic heterocycles. The number of hydrogen-bond acceptors (Lipinski definition) is 3. The molecule has 138 valence electrons. The van der Waals surface area contributed by atoms with Gasteiger partial charge >= 0.3 is 0 Å². The highest BCUT2D eigenvalue weighted by Crippen LogP contribution is 2.23. The van der Waals surface area contributed by atoms with Crippen LogP contribution in [0.5, 0.6) is 0 Å². The van der Waals surface area contributed by atoms with Crippen molar-refractivity contribution >= 4 is 36.4 Å². The van der Waals surface area contributed by atoms with Crippen molar-refractivity contribution in [3.05, 3.63) is 30.1 Å². The van der Waals surface area contributed by atoms with Gasteiger partial charge in [-0.25, -0.2) is 4.39 Å². The number of rotatable bonds is 6. The summed E-state index contributed by atoms with van der Waals surface area (Å²) in [4.78, 5) is 14.2. The highest BCUT2D eigenvalue weighted by molar-refractivity contribution is 5.85. The molecule has 0 bridgehead atoms. The number of carbonyl (C=O) groups excluding carboxylic acids is 1. The Bertz CT molecular complexity index is 499. The monoisotopic (exact) mass is 379 g/mol. The van der Waals surface area contributed by atoms with Gasteiger partial charge in [-0.15, -0.1) is 24.8 Å². The first-order chi connectivity index (χ1) is 10.5. The number of nitrogens with two attached hydrogens (primary N) is 1. The van der Waals surface area contributed by atoms with Crippen molar-refractivity contribution in [2.24, 2.45) is 17.6 Å². The average Bonchev–Trinajstić information content (AvgIpc) is 2.93. The molecule has 0 spiro atoms. The molecular formula is C17H28Cl2FN3O. The van der Waals surface area contributed by atoms with Crippen molar-refractivity contribution in [1.82, 2.24) is 5.32 Å². The van der Waals surface area contributed by atoms with Crippen LogP contribution in [0.25, 0.3) is 0 Å². The van der Waals surface area contributed by atoms with Gasteiger partial charge in [0.1, 0.15) is 5.82 Å². The summed E-state index contributed by atoms with van der Waals surface area (Å²) < 4.78 is 12.9. The number of benzene rings is 1. The Morgan fingerprint density at radius 1 is 1.33 bits per heavy atom. The van der Waals surface area contributed by atoms with E-state index in [1.807, 2.05) is 0 Å². The second-order valence-corrected chi connectivity index (χ2v) is 6.56. The maximum atomic E-state index is 12.9. The lowest BCUT2D eigenvalue weighted by molar-refractivity contribution is -0.122. The minimum absolute atomic E-state index is 0. The molecule has 1 unspecified atom stereocenters. The molecule has 1 fully saturated rings. The molecule has 1 aliphatic heterocycles. The molecule has 2 atom stereocenters. The molecule has 1 aliphatic rings. The largest absolute Gasteiger partial charge is 0.371 e. The normalized spacial score (nSPS) is 17.9. The molecule has 3 N–H and O–H groups in total. The van der Waals surface area contributed by atoms with Gasteiger partial charge in [0.15, 0.2) is 0 Å². The summed E-state index contributed by atoms with van der Waals surface area (Å²) in [5.41, 5.74) is 6.91. The molecule has 0 radical (unpaired) electrons. The third-order valence-corrected chi connectivity index (χ3v) is 4.10. The van der Waals surface area contributed by atoms with Crippen molar-refractivity contribution < 1.29 is 9.18 Å². The third kappa shape index (κ3) is 6.83. The molecular weight excluding hydrogens is 352 g/mol. The van der Waals surface area contributed by atoms with E-state index < -0.39 is 6.04 Å². The fraction of sp³-hybridized carbons (Fsp3) is 0.588. The van der Waals surface area contributed by atoms with Crippen molar-refractivity contribution in [1.29, 1.82) is 0 Å².